The number of fused-ring (bicyclic) bond motifs is 1. The second-order valence-electron chi connectivity index (χ2n) is 5.91. The van der Waals surface area contributed by atoms with Gasteiger partial charge in [-0.15, -0.1) is 10.2 Å². The largest absolute Gasteiger partial charge is 0.367 e. The second-order valence-corrected chi connectivity index (χ2v) is 7.05. The minimum atomic E-state index is 0.434. The summed E-state index contributed by atoms with van der Waals surface area (Å²) in [5.41, 5.74) is 0.973. The highest BCUT2D eigenvalue weighted by atomic mass is 35.5. The Labute approximate surface area is 160 Å². The Hall–Kier alpha value is -1.75. The van der Waals surface area contributed by atoms with E-state index >= 15 is 0 Å². The summed E-state index contributed by atoms with van der Waals surface area (Å²) in [6.45, 7) is 3.31. The third-order valence-electron chi connectivity index (χ3n) is 4.47. The summed E-state index contributed by atoms with van der Waals surface area (Å²) in [6.07, 6.45) is 0. The van der Waals surface area contributed by atoms with Crippen LogP contribution >= 0.6 is 34.8 Å². The lowest BCUT2D eigenvalue weighted by Crippen LogP contribution is -2.47. The smallest absolute Gasteiger partial charge is 0.159 e. The molecule has 0 amide bonds. The number of hydrogen-bond acceptors (Lipinski definition) is 4. The number of aromatic nitrogens is 2. The van der Waals surface area contributed by atoms with E-state index in [9.17, 15) is 0 Å². The van der Waals surface area contributed by atoms with Crippen LogP contribution in [0.4, 0.5) is 11.5 Å². The average molecular weight is 394 g/mol. The topological polar surface area (TPSA) is 32.3 Å². The summed E-state index contributed by atoms with van der Waals surface area (Å²) in [6, 6.07) is 13.7. The molecule has 1 saturated heterocycles. The summed E-state index contributed by atoms with van der Waals surface area (Å²) in [5.74, 6) is 0.872. The van der Waals surface area contributed by atoms with Gasteiger partial charge in [0.2, 0.25) is 0 Å². The first-order valence-corrected chi connectivity index (χ1v) is 9.13. The molecule has 0 aliphatic carbocycles. The van der Waals surface area contributed by atoms with Gasteiger partial charge in [-0.1, -0.05) is 65.1 Å². The van der Waals surface area contributed by atoms with Crippen molar-refractivity contribution in [2.24, 2.45) is 0 Å². The summed E-state index contributed by atoms with van der Waals surface area (Å²) in [7, 11) is 0. The van der Waals surface area contributed by atoms with Crippen molar-refractivity contribution in [3.8, 4) is 0 Å². The number of rotatable bonds is 2. The summed E-state index contributed by atoms with van der Waals surface area (Å²) in [4.78, 5) is 4.48. The number of nitrogens with zero attached hydrogens (tertiary/aromatic N) is 4. The molecule has 1 aliphatic heterocycles. The Kier molecular flexibility index (Phi) is 4.59. The van der Waals surface area contributed by atoms with E-state index in [2.05, 4.69) is 20.0 Å². The van der Waals surface area contributed by atoms with E-state index in [-0.39, 0.29) is 0 Å². The highest BCUT2D eigenvalue weighted by Crippen LogP contribution is 2.34. The first-order valence-electron chi connectivity index (χ1n) is 8.00. The van der Waals surface area contributed by atoms with Crippen LogP contribution in [0.1, 0.15) is 0 Å². The Morgan fingerprint density at radius 2 is 1.40 bits per heavy atom. The number of halogens is 3. The normalized spacial score (nSPS) is 15.0. The maximum Gasteiger partial charge on any atom is 0.159 e. The van der Waals surface area contributed by atoms with Crippen LogP contribution in [0.25, 0.3) is 10.8 Å². The van der Waals surface area contributed by atoms with Crippen molar-refractivity contribution in [1.29, 1.82) is 0 Å². The Balaban J connectivity index is 1.59. The lowest BCUT2D eigenvalue weighted by molar-refractivity contribution is 0.646. The van der Waals surface area contributed by atoms with Gasteiger partial charge >= 0.3 is 0 Å². The molecule has 0 spiro atoms. The van der Waals surface area contributed by atoms with Crippen LogP contribution < -0.4 is 9.80 Å². The van der Waals surface area contributed by atoms with Crippen molar-refractivity contribution in [3.05, 3.63) is 57.7 Å². The van der Waals surface area contributed by atoms with E-state index in [0.29, 0.717) is 15.2 Å². The van der Waals surface area contributed by atoms with Gasteiger partial charge in [-0.3, -0.25) is 0 Å². The van der Waals surface area contributed by atoms with Crippen molar-refractivity contribution in [1.82, 2.24) is 10.2 Å². The molecule has 25 heavy (non-hydrogen) atoms. The Morgan fingerprint density at radius 3 is 2.16 bits per heavy atom. The summed E-state index contributed by atoms with van der Waals surface area (Å²) < 4.78 is 0. The molecule has 0 saturated carbocycles. The maximum absolute atomic E-state index is 6.35. The second kappa shape index (κ2) is 6.87. The van der Waals surface area contributed by atoms with E-state index in [1.54, 1.807) is 6.07 Å². The van der Waals surface area contributed by atoms with Gasteiger partial charge in [0, 0.05) is 37.0 Å². The van der Waals surface area contributed by atoms with Crippen LogP contribution in [0.5, 0.6) is 0 Å². The van der Waals surface area contributed by atoms with E-state index < -0.39 is 0 Å². The van der Waals surface area contributed by atoms with Gasteiger partial charge in [0.25, 0.3) is 0 Å². The number of hydrogen-bond donors (Lipinski definition) is 0. The predicted octanol–water partition coefficient (Wildman–Crippen LogP) is 4.92. The van der Waals surface area contributed by atoms with E-state index in [1.165, 1.54) is 0 Å². The fourth-order valence-corrected chi connectivity index (χ4v) is 3.80. The highest BCUT2D eigenvalue weighted by Gasteiger charge is 2.22. The molecule has 0 bridgehead atoms. The molecule has 4 rings (SSSR count). The van der Waals surface area contributed by atoms with Gasteiger partial charge in [-0.05, 0) is 12.1 Å². The Bertz CT molecular complexity index is 923. The molecule has 0 N–H and O–H groups in total. The molecule has 2 heterocycles. The molecular formula is C18H15Cl3N4. The van der Waals surface area contributed by atoms with Gasteiger partial charge in [0.15, 0.2) is 11.0 Å². The summed E-state index contributed by atoms with van der Waals surface area (Å²) in [5, 5.41) is 12.0. The first kappa shape index (κ1) is 16.7. The van der Waals surface area contributed by atoms with Crippen LogP contribution in [0, 0.1) is 0 Å². The van der Waals surface area contributed by atoms with Gasteiger partial charge in [-0.25, -0.2) is 0 Å². The minimum absolute atomic E-state index is 0.434. The number of benzene rings is 2. The number of piperazine rings is 1. The minimum Gasteiger partial charge on any atom is -0.367 e. The first-order chi connectivity index (χ1) is 12.1. The molecule has 1 fully saturated rings. The zero-order chi connectivity index (χ0) is 17.4. The molecule has 0 radical (unpaired) electrons. The lowest BCUT2D eigenvalue weighted by Gasteiger charge is -2.37. The van der Waals surface area contributed by atoms with Crippen molar-refractivity contribution >= 4 is 57.1 Å². The molecule has 3 aromatic rings. The van der Waals surface area contributed by atoms with Gasteiger partial charge in [0.05, 0.1) is 15.7 Å². The molecular weight excluding hydrogens is 379 g/mol. The van der Waals surface area contributed by atoms with Crippen molar-refractivity contribution in [2.45, 2.75) is 0 Å². The average Bonchev–Trinajstić information content (AvgIpc) is 2.65. The molecule has 0 atom stereocenters. The maximum atomic E-state index is 6.35. The third-order valence-corrected chi connectivity index (χ3v) is 5.56. The third kappa shape index (κ3) is 3.10. The molecule has 128 valence electrons. The molecule has 0 unspecified atom stereocenters. The fourth-order valence-electron chi connectivity index (χ4n) is 3.19. The van der Waals surface area contributed by atoms with Gasteiger partial charge < -0.3 is 9.80 Å². The van der Waals surface area contributed by atoms with Gasteiger partial charge in [0.1, 0.15) is 0 Å². The van der Waals surface area contributed by atoms with Crippen LogP contribution in [0.15, 0.2) is 42.5 Å². The van der Waals surface area contributed by atoms with Gasteiger partial charge in [-0.2, -0.15) is 0 Å². The van der Waals surface area contributed by atoms with Crippen LogP contribution in [-0.4, -0.2) is 36.4 Å². The van der Waals surface area contributed by atoms with Crippen molar-refractivity contribution < 1.29 is 0 Å². The molecule has 7 heteroatoms. The lowest BCUT2D eigenvalue weighted by atomic mass is 10.1. The molecule has 1 aliphatic rings. The van der Waals surface area contributed by atoms with E-state index in [1.807, 2.05) is 36.4 Å². The van der Waals surface area contributed by atoms with Crippen molar-refractivity contribution in [2.75, 3.05) is 36.0 Å². The van der Waals surface area contributed by atoms with Crippen LogP contribution in [0.2, 0.25) is 15.2 Å². The fraction of sp³-hybridized carbons (Fsp3) is 0.222. The summed E-state index contributed by atoms with van der Waals surface area (Å²) >= 11 is 18.7. The molecule has 2 aromatic carbocycles. The molecule has 1 aromatic heterocycles. The zero-order valence-corrected chi connectivity index (χ0v) is 15.6. The highest BCUT2D eigenvalue weighted by molar-refractivity contribution is 6.43. The van der Waals surface area contributed by atoms with Crippen LogP contribution in [0.3, 0.4) is 0 Å². The molecule has 4 nitrogen and oxygen atoms in total. The SMILES string of the molecule is Clc1cccc(N2CCN(c3nnc(Cl)c4ccccc34)CC2)c1Cl. The van der Waals surface area contributed by atoms with Crippen molar-refractivity contribution in [3.63, 3.8) is 0 Å². The predicted molar refractivity (Wildman–Crippen MR) is 105 cm³/mol. The van der Waals surface area contributed by atoms with E-state index in [4.69, 9.17) is 34.8 Å². The zero-order valence-electron chi connectivity index (χ0n) is 13.3. The number of anilines is 2. The standard InChI is InChI=1S/C18H15Cl3N4/c19-14-6-3-7-15(16(14)20)24-8-10-25(11-9-24)18-13-5-2-1-4-12(13)17(21)22-23-18/h1-7H,8-11H2. The van der Waals surface area contributed by atoms with E-state index in [0.717, 1.165) is 48.5 Å². The Morgan fingerprint density at radius 1 is 0.720 bits per heavy atom. The quantitative estimate of drug-likeness (QED) is 0.619. The monoisotopic (exact) mass is 392 g/mol. The van der Waals surface area contributed by atoms with Crippen LogP contribution in [-0.2, 0) is 0 Å².